The first-order chi connectivity index (χ1) is 11.7. The van der Waals surface area contributed by atoms with E-state index in [0.29, 0.717) is 14.8 Å². The molecule has 0 atom stereocenters. The molecular weight excluding hydrogens is 413 g/mol. The van der Waals surface area contributed by atoms with E-state index in [4.69, 9.17) is 4.52 Å². The van der Waals surface area contributed by atoms with Crippen molar-refractivity contribution in [1.29, 1.82) is 0 Å². The van der Waals surface area contributed by atoms with Gasteiger partial charge in [0.2, 0.25) is 11.0 Å². The Balaban J connectivity index is 1.78. The highest BCUT2D eigenvalue weighted by atomic mass is 127. The number of nitrogens with zero attached hydrogens (tertiary/aromatic N) is 1. The van der Waals surface area contributed by atoms with Gasteiger partial charge in [-0.1, -0.05) is 53.7 Å². The van der Waals surface area contributed by atoms with Gasteiger partial charge in [-0.25, -0.2) is 0 Å². The summed E-state index contributed by atoms with van der Waals surface area (Å²) in [6, 6.07) is 20.0. The average molecular weight is 425 g/mol. The van der Waals surface area contributed by atoms with Gasteiger partial charge in [-0.3, -0.25) is 4.79 Å². The van der Waals surface area contributed by atoms with Crippen LogP contribution in [0.5, 0.6) is 0 Å². The standard InChI is InChI=1S/C20H12INO2/c21-17-7-3-6-16-18(22-24-20(16)19(17)23)11-9-13-8-10-14-4-1-2-5-15(14)12-13/h1-12H/b11-9+. The zero-order valence-electron chi connectivity index (χ0n) is 12.6. The van der Waals surface area contributed by atoms with Gasteiger partial charge in [0.25, 0.3) is 0 Å². The van der Waals surface area contributed by atoms with E-state index < -0.39 is 0 Å². The Kier molecular flexibility index (Phi) is 3.90. The summed E-state index contributed by atoms with van der Waals surface area (Å²) in [5.74, 6) is 0. The first kappa shape index (κ1) is 15.1. The van der Waals surface area contributed by atoms with Crippen LogP contribution in [0, 0.1) is 3.57 Å². The van der Waals surface area contributed by atoms with Crippen molar-refractivity contribution in [2.75, 3.05) is 0 Å². The molecule has 1 aromatic heterocycles. The van der Waals surface area contributed by atoms with E-state index in [1.165, 1.54) is 10.8 Å². The highest BCUT2D eigenvalue weighted by Crippen LogP contribution is 2.20. The molecule has 4 rings (SSSR count). The summed E-state index contributed by atoms with van der Waals surface area (Å²) in [6.45, 7) is 0. The minimum absolute atomic E-state index is 0.131. The minimum Gasteiger partial charge on any atom is -0.351 e. The number of fused-ring (bicyclic) bond motifs is 2. The van der Waals surface area contributed by atoms with Crippen LogP contribution in [0.3, 0.4) is 0 Å². The molecule has 0 N–H and O–H groups in total. The van der Waals surface area contributed by atoms with Crippen molar-refractivity contribution >= 4 is 56.5 Å². The van der Waals surface area contributed by atoms with Crippen molar-refractivity contribution < 1.29 is 4.52 Å². The quantitative estimate of drug-likeness (QED) is 0.419. The fourth-order valence-electron chi connectivity index (χ4n) is 2.65. The maximum atomic E-state index is 12.2. The van der Waals surface area contributed by atoms with E-state index in [2.05, 4.69) is 35.5 Å². The zero-order chi connectivity index (χ0) is 16.5. The molecule has 24 heavy (non-hydrogen) atoms. The van der Waals surface area contributed by atoms with E-state index in [1.807, 2.05) is 59.0 Å². The van der Waals surface area contributed by atoms with Crippen molar-refractivity contribution in [3.8, 4) is 0 Å². The fraction of sp³-hybridized carbons (Fsp3) is 0. The predicted molar refractivity (Wildman–Crippen MR) is 106 cm³/mol. The van der Waals surface area contributed by atoms with Crippen LogP contribution in [-0.4, -0.2) is 5.16 Å². The van der Waals surface area contributed by atoms with Crippen LogP contribution in [0.4, 0.5) is 0 Å². The third-order valence-electron chi connectivity index (χ3n) is 3.89. The molecule has 116 valence electrons. The number of benzene rings is 2. The van der Waals surface area contributed by atoms with Crippen molar-refractivity contribution in [3.05, 3.63) is 85.7 Å². The number of aromatic nitrogens is 1. The summed E-state index contributed by atoms with van der Waals surface area (Å²) >= 11 is 2.01. The fourth-order valence-corrected chi connectivity index (χ4v) is 3.11. The van der Waals surface area contributed by atoms with Gasteiger partial charge in [0.1, 0.15) is 5.69 Å². The molecule has 0 aliphatic carbocycles. The van der Waals surface area contributed by atoms with Crippen LogP contribution in [0.25, 0.3) is 33.9 Å². The summed E-state index contributed by atoms with van der Waals surface area (Å²) in [6.07, 6.45) is 3.86. The van der Waals surface area contributed by atoms with Gasteiger partial charge < -0.3 is 4.52 Å². The normalized spacial score (nSPS) is 11.5. The maximum absolute atomic E-state index is 12.2. The van der Waals surface area contributed by atoms with Gasteiger partial charge in [0, 0.05) is 0 Å². The molecule has 1 heterocycles. The monoisotopic (exact) mass is 425 g/mol. The molecule has 0 spiro atoms. The number of halogens is 1. The van der Waals surface area contributed by atoms with Crippen LogP contribution in [0.1, 0.15) is 11.3 Å². The molecule has 0 saturated carbocycles. The molecule has 0 bridgehead atoms. The van der Waals surface area contributed by atoms with Gasteiger partial charge in [0.05, 0.1) is 8.96 Å². The van der Waals surface area contributed by atoms with E-state index in [1.54, 1.807) is 6.07 Å². The lowest BCUT2D eigenvalue weighted by Gasteiger charge is -1.98. The SMILES string of the molecule is O=c1c(I)cccc2c(/C=C/c3ccc4ccccc4c3)noc12. The summed E-state index contributed by atoms with van der Waals surface area (Å²) in [7, 11) is 0. The Bertz CT molecular complexity index is 1150. The van der Waals surface area contributed by atoms with Crippen molar-refractivity contribution in [2.45, 2.75) is 0 Å². The van der Waals surface area contributed by atoms with Crippen LogP contribution in [0.2, 0.25) is 0 Å². The highest BCUT2D eigenvalue weighted by molar-refractivity contribution is 14.1. The average Bonchev–Trinajstić information content (AvgIpc) is 2.95. The minimum atomic E-state index is -0.131. The van der Waals surface area contributed by atoms with Crippen LogP contribution in [0.15, 0.2) is 70.0 Å². The van der Waals surface area contributed by atoms with Gasteiger partial charge in [-0.05, 0) is 63.2 Å². The Labute approximate surface area is 151 Å². The zero-order valence-corrected chi connectivity index (χ0v) is 14.7. The second-order valence-electron chi connectivity index (χ2n) is 5.45. The second kappa shape index (κ2) is 6.20. The van der Waals surface area contributed by atoms with Crippen molar-refractivity contribution in [1.82, 2.24) is 5.16 Å². The van der Waals surface area contributed by atoms with Gasteiger partial charge in [-0.15, -0.1) is 0 Å². The molecule has 0 aliphatic heterocycles. The number of hydrogen-bond acceptors (Lipinski definition) is 3. The maximum Gasteiger partial charge on any atom is 0.237 e. The Morgan fingerprint density at radius 1 is 0.917 bits per heavy atom. The largest absolute Gasteiger partial charge is 0.351 e. The lowest BCUT2D eigenvalue weighted by molar-refractivity contribution is 0.453. The summed E-state index contributed by atoms with van der Waals surface area (Å²) in [5, 5.41) is 7.15. The predicted octanol–water partition coefficient (Wildman–Crippen LogP) is 5.12. The van der Waals surface area contributed by atoms with E-state index in [-0.39, 0.29) is 5.43 Å². The third kappa shape index (κ3) is 2.73. The molecule has 0 saturated heterocycles. The van der Waals surface area contributed by atoms with Gasteiger partial charge in [-0.2, -0.15) is 0 Å². The van der Waals surface area contributed by atoms with Crippen LogP contribution >= 0.6 is 22.6 Å². The molecule has 0 fully saturated rings. The van der Waals surface area contributed by atoms with Crippen molar-refractivity contribution in [2.24, 2.45) is 0 Å². The van der Waals surface area contributed by atoms with Crippen LogP contribution in [-0.2, 0) is 0 Å². The molecule has 3 aromatic carbocycles. The summed E-state index contributed by atoms with van der Waals surface area (Å²) < 4.78 is 5.88. The van der Waals surface area contributed by atoms with E-state index in [9.17, 15) is 4.79 Å². The Hall–Kier alpha value is -2.47. The molecule has 0 radical (unpaired) electrons. The van der Waals surface area contributed by atoms with E-state index >= 15 is 0 Å². The van der Waals surface area contributed by atoms with Gasteiger partial charge >= 0.3 is 0 Å². The number of hydrogen-bond donors (Lipinski definition) is 0. The smallest absolute Gasteiger partial charge is 0.237 e. The topological polar surface area (TPSA) is 43.1 Å². The molecular formula is C20H12INO2. The van der Waals surface area contributed by atoms with Crippen molar-refractivity contribution in [3.63, 3.8) is 0 Å². The van der Waals surface area contributed by atoms with Gasteiger partial charge in [0.15, 0.2) is 0 Å². The molecule has 4 heteroatoms. The summed E-state index contributed by atoms with van der Waals surface area (Å²) in [5.41, 5.74) is 1.89. The summed E-state index contributed by atoms with van der Waals surface area (Å²) in [4.78, 5) is 12.2. The molecule has 0 amide bonds. The lowest BCUT2D eigenvalue weighted by Crippen LogP contribution is -1.99. The first-order valence-electron chi connectivity index (χ1n) is 7.47. The Morgan fingerprint density at radius 3 is 2.62 bits per heavy atom. The highest BCUT2D eigenvalue weighted by Gasteiger charge is 2.09. The molecule has 4 aromatic rings. The second-order valence-corrected chi connectivity index (χ2v) is 6.62. The van der Waals surface area contributed by atoms with Crippen LogP contribution < -0.4 is 5.43 Å². The Morgan fingerprint density at radius 2 is 1.75 bits per heavy atom. The van der Waals surface area contributed by atoms with E-state index in [0.717, 1.165) is 10.9 Å². The molecule has 0 aliphatic rings. The lowest BCUT2D eigenvalue weighted by atomic mass is 10.1. The third-order valence-corrected chi connectivity index (χ3v) is 4.74. The number of rotatable bonds is 2. The first-order valence-corrected chi connectivity index (χ1v) is 8.55. The molecule has 0 unspecified atom stereocenters. The molecule has 3 nitrogen and oxygen atoms in total.